The zero-order chi connectivity index (χ0) is 21.7. The van der Waals surface area contributed by atoms with Crippen LogP contribution in [0, 0.1) is 10.1 Å². The minimum Gasteiger partial charge on any atom is -0.401 e. The number of benzene rings is 1. The van der Waals surface area contributed by atoms with Gasteiger partial charge in [0.1, 0.15) is 10.7 Å². The molecular formula is C20H21N3O5S2. The van der Waals surface area contributed by atoms with Crippen LogP contribution >= 0.6 is 23.1 Å². The van der Waals surface area contributed by atoms with Crippen LogP contribution in [0.5, 0.6) is 0 Å². The average Bonchev–Trinajstić information content (AvgIpc) is 3.32. The number of methoxy groups -OCH3 is 1. The van der Waals surface area contributed by atoms with E-state index in [9.17, 15) is 14.9 Å². The summed E-state index contributed by atoms with van der Waals surface area (Å²) < 4.78 is 12.4. The molecule has 0 unspecified atom stereocenters. The van der Waals surface area contributed by atoms with Crippen LogP contribution in [0.2, 0.25) is 0 Å². The predicted octanol–water partition coefficient (Wildman–Crippen LogP) is 5.36. The smallest absolute Gasteiger partial charge is 0.401 e. The van der Waals surface area contributed by atoms with Crippen molar-refractivity contribution in [2.24, 2.45) is 0 Å². The normalized spacial score (nSPS) is 12.0. The Labute approximate surface area is 181 Å². The minimum absolute atomic E-state index is 0.158. The first kappa shape index (κ1) is 22.0. The van der Waals surface area contributed by atoms with Crippen molar-refractivity contribution >= 4 is 56.9 Å². The molecule has 0 aliphatic heterocycles. The first-order chi connectivity index (χ1) is 14.3. The van der Waals surface area contributed by atoms with Crippen LogP contribution in [-0.4, -0.2) is 34.3 Å². The number of rotatable bonds is 9. The molecule has 3 aromatic rings. The highest BCUT2D eigenvalue weighted by Crippen LogP contribution is 2.32. The van der Waals surface area contributed by atoms with Gasteiger partial charge in [0.2, 0.25) is 5.91 Å². The van der Waals surface area contributed by atoms with E-state index in [1.165, 1.54) is 24.3 Å². The van der Waals surface area contributed by atoms with E-state index in [1.807, 2.05) is 12.1 Å². The van der Waals surface area contributed by atoms with Gasteiger partial charge < -0.3 is 14.5 Å². The second-order valence-electron chi connectivity index (χ2n) is 6.98. The topological polar surface area (TPSA) is 108 Å². The highest BCUT2D eigenvalue weighted by atomic mass is 32.2. The van der Waals surface area contributed by atoms with Crippen LogP contribution in [0.1, 0.15) is 26.0 Å². The van der Waals surface area contributed by atoms with Gasteiger partial charge in [-0.2, -0.15) is 0 Å². The number of nitro groups is 1. The van der Waals surface area contributed by atoms with Crippen molar-refractivity contribution in [3.63, 3.8) is 0 Å². The molecule has 3 rings (SSSR count). The van der Waals surface area contributed by atoms with E-state index in [1.54, 1.807) is 36.3 Å². The number of amides is 1. The zero-order valence-corrected chi connectivity index (χ0v) is 18.3. The van der Waals surface area contributed by atoms with Crippen LogP contribution < -0.4 is 5.32 Å². The lowest BCUT2D eigenvalue weighted by molar-refractivity contribution is -0.402. The molecule has 0 bridgehead atoms. The third kappa shape index (κ3) is 5.91. The molecule has 0 fully saturated rings. The van der Waals surface area contributed by atoms with Crippen molar-refractivity contribution in [1.82, 2.24) is 4.98 Å². The molecule has 0 saturated carbocycles. The molecular weight excluding hydrogens is 426 g/mol. The highest BCUT2D eigenvalue weighted by Gasteiger charge is 2.16. The molecule has 0 aliphatic rings. The third-order valence-corrected chi connectivity index (χ3v) is 6.47. The Balaban J connectivity index is 1.60. The lowest BCUT2D eigenvalue weighted by Gasteiger charge is -2.21. The number of carbonyl (C=O) groups excluding carboxylic acids is 1. The molecule has 1 aromatic carbocycles. The molecule has 1 N–H and O–H groups in total. The summed E-state index contributed by atoms with van der Waals surface area (Å²) in [4.78, 5) is 26.7. The van der Waals surface area contributed by atoms with E-state index in [0.29, 0.717) is 5.69 Å². The Hall–Kier alpha value is -2.69. The monoisotopic (exact) mass is 447 g/mol. The number of ether oxygens (including phenoxy) is 1. The molecule has 30 heavy (non-hydrogen) atoms. The summed E-state index contributed by atoms with van der Waals surface area (Å²) in [5.41, 5.74) is 1.36. The van der Waals surface area contributed by atoms with Gasteiger partial charge in [-0.05, 0) is 50.6 Å². The number of nitrogens with zero attached hydrogens (tertiary/aromatic N) is 2. The van der Waals surface area contributed by atoms with Crippen molar-refractivity contribution in [3.05, 3.63) is 52.3 Å². The summed E-state index contributed by atoms with van der Waals surface area (Å²) in [6.45, 7) is 4.12. The van der Waals surface area contributed by atoms with Gasteiger partial charge >= 0.3 is 5.88 Å². The summed E-state index contributed by atoms with van der Waals surface area (Å²) >= 11 is 3.26. The summed E-state index contributed by atoms with van der Waals surface area (Å²) in [7, 11) is 1.71. The van der Waals surface area contributed by atoms with Gasteiger partial charge in [0, 0.05) is 24.6 Å². The molecule has 158 valence electrons. The van der Waals surface area contributed by atoms with E-state index >= 15 is 0 Å². The average molecular weight is 448 g/mol. The van der Waals surface area contributed by atoms with E-state index in [2.05, 4.69) is 24.1 Å². The first-order valence-corrected chi connectivity index (χ1v) is 10.9. The number of carbonyl (C=O) groups is 1. The van der Waals surface area contributed by atoms with Gasteiger partial charge in [-0.25, -0.2) is 4.98 Å². The Kier molecular flexibility index (Phi) is 6.91. The molecule has 2 aromatic heterocycles. The number of anilines is 1. The van der Waals surface area contributed by atoms with Crippen molar-refractivity contribution in [2.45, 2.75) is 30.2 Å². The maximum Gasteiger partial charge on any atom is 0.433 e. The quantitative estimate of drug-likeness (QED) is 0.204. The number of hydrogen-bond donors (Lipinski definition) is 1. The Morgan fingerprint density at radius 1 is 1.40 bits per heavy atom. The van der Waals surface area contributed by atoms with Crippen molar-refractivity contribution in [2.75, 3.05) is 18.2 Å². The second-order valence-corrected chi connectivity index (χ2v) is 9.35. The molecule has 0 atom stereocenters. The minimum atomic E-state index is -0.632. The van der Waals surface area contributed by atoms with E-state index in [4.69, 9.17) is 9.15 Å². The molecule has 1 amide bonds. The number of fused-ring (bicyclic) bond motifs is 1. The maximum absolute atomic E-state index is 12.1. The van der Waals surface area contributed by atoms with Gasteiger partial charge in [-0.1, -0.05) is 11.8 Å². The van der Waals surface area contributed by atoms with Crippen LogP contribution in [0.3, 0.4) is 0 Å². The number of aromatic nitrogens is 1. The zero-order valence-electron chi connectivity index (χ0n) is 16.7. The number of nitrogens with one attached hydrogen (secondary N) is 1. The van der Waals surface area contributed by atoms with Crippen LogP contribution in [0.15, 0.2) is 45.2 Å². The van der Waals surface area contributed by atoms with Crippen molar-refractivity contribution in [1.29, 1.82) is 0 Å². The SMILES string of the molecule is COC(C)(C)CCSc1nc2ccc(NC(=O)C=Cc3ccc([N+](=O)[O-])o3)cc2s1. The van der Waals surface area contributed by atoms with Gasteiger partial charge in [0.05, 0.1) is 21.9 Å². The van der Waals surface area contributed by atoms with Gasteiger partial charge in [0.25, 0.3) is 0 Å². The number of thiazole rings is 1. The summed E-state index contributed by atoms with van der Waals surface area (Å²) in [6.07, 6.45) is 3.55. The largest absolute Gasteiger partial charge is 0.433 e. The Bertz CT molecular complexity index is 1090. The fourth-order valence-electron chi connectivity index (χ4n) is 2.40. The maximum atomic E-state index is 12.1. The predicted molar refractivity (Wildman–Crippen MR) is 119 cm³/mol. The fourth-order valence-corrected chi connectivity index (χ4v) is 4.82. The highest BCUT2D eigenvalue weighted by molar-refractivity contribution is 8.01. The van der Waals surface area contributed by atoms with E-state index in [0.717, 1.165) is 26.7 Å². The van der Waals surface area contributed by atoms with Gasteiger partial charge in [-0.3, -0.25) is 14.9 Å². The lowest BCUT2D eigenvalue weighted by atomic mass is 10.1. The first-order valence-electron chi connectivity index (χ1n) is 9.07. The van der Waals surface area contributed by atoms with Crippen LogP contribution in [0.25, 0.3) is 16.3 Å². The molecule has 10 heteroatoms. The van der Waals surface area contributed by atoms with Crippen LogP contribution in [0.4, 0.5) is 11.6 Å². The standard InChI is InChI=1S/C20H21N3O5S2/c1-20(2,27-3)10-11-29-19-22-15-7-4-13(12-16(15)30-19)21-17(24)8-5-14-6-9-18(28-14)23(25)26/h4-9,12H,10-11H2,1-3H3,(H,21,24). The van der Waals surface area contributed by atoms with Crippen LogP contribution in [-0.2, 0) is 9.53 Å². The third-order valence-electron chi connectivity index (χ3n) is 4.31. The summed E-state index contributed by atoms with van der Waals surface area (Å²) in [6, 6.07) is 8.19. The van der Waals surface area contributed by atoms with E-state index < -0.39 is 4.92 Å². The van der Waals surface area contributed by atoms with Crippen molar-refractivity contribution in [3.8, 4) is 0 Å². The summed E-state index contributed by atoms with van der Waals surface area (Å²) in [5.74, 6) is 0.396. The fraction of sp³-hybridized carbons (Fsp3) is 0.300. The number of thioether (sulfide) groups is 1. The molecule has 0 saturated heterocycles. The lowest BCUT2D eigenvalue weighted by Crippen LogP contribution is -2.22. The van der Waals surface area contributed by atoms with Gasteiger partial charge in [0.15, 0.2) is 4.34 Å². The number of hydrogen-bond acceptors (Lipinski definition) is 8. The molecule has 2 heterocycles. The second kappa shape index (κ2) is 9.41. The number of furan rings is 1. The Morgan fingerprint density at radius 3 is 2.90 bits per heavy atom. The molecule has 0 aliphatic carbocycles. The van der Waals surface area contributed by atoms with Gasteiger partial charge in [-0.15, -0.1) is 11.3 Å². The molecule has 0 radical (unpaired) electrons. The molecule has 8 nitrogen and oxygen atoms in total. The van der Waals surface area contributed by atoms with E-state index in [-0.39, 0.29) is 23.2 Å². The van der Waals surface area contributed by atoms with Crippen molar-refractivity contribution < 1.29 is 18.9 Å². The summed E-state index contributed by atoms with van der Waals surface area (Å²) in [5, 5.41) is 13.4. The Morgan fingerprint density at radius 2 is 2.20 bits per heavy atom. The molecule has 0 spiro atoms.